The van der Waals surface area contributed by atoms with E-state index < -0.39 is 6.10 Å². The number of carbonyl (C=O) groups is 3. The van der Waals surface area contributed by atoms with Gasteiger partial charge in [0, 0.05) is 19.3 Å². The molecule has 0 amide bonds. The highest BCUT2D eigenvalue weighted by Crippen LogP contribution is 2.13. The summed E-state index contributed by atoms with van der Waals surface area (Å²) >= 11 is 0. The van der Waals surface area contributed by atoms with Gasteiger partial charge in [0.1, 0.15) is 13.2 Å². The van der Waals surface area contributed by atoms with Gasteiger partial charge in [-0.25, -0.2) is 0 Å². The van der Waals surface area contributed by atoms with Crippen molar-refractivity contribution in [1.82, 2.24) is 0 Å². The van der Waals surface area contributed by atoms with Gasteiger partial charge in [0.05, 0.1) is 0 Å². The van der Waals surface area contributed by atoms with E-state index in [-0.39, 0.29) is 37.5 Å². The molecule has 60 heavy (non-hydrogen) atoms. The van der Waals surface area contributed by atoms with Crippen LogP contribution in [0.2, 0.25) is 0 Å². The third-order valence-electron chi connectivity index (χ3n) is 10.4. The second kappa shape index (κ2) is 48.5. The fraction of sp³-hybridized carbons (Fsp3) is 0.722. The Bertz CT molecular complexity index is 1140. The zero-order valence-corrected chi connectivity index (χ0v) is 39.2. The topological polar surface area (TPSA) is 78.9 Å². The van der Waals surface area contributed by atoms with E-state index in [4.69, 9.17) is 14.2 Å². The molecular weight excluding hydrogens is 745 g/mol. The summed E-state index contributed by atoms with van der Waals surface area (Å²) in [5.41, 5.74) is 0. The molecule has 0 aromatic carbocycles. The Labute approximate surface area is 370 Å². The highest BCUT2D eigenvalue weighted by atomic mass is 16.6. The molecule has 0 radical (unpaired) electrons. The van der Waals surface area contributed by atoms with Crippen LogP contribution in [0.4, 0.5) is 0 Å². The normalized spacial score (nSPS) is 12.7. The second-order valence-electron chi connectivity index (χ2n) is 16.3. The van der Waals surface area contributed by atoms with E-state index in [1.54, 1.807) is 0 Å². The molecule has 0 fully saturated rings. The lowest BCUT2D eigenvalue weighted by Gasteiger charge is -2.18. The summed E-state index contributed by atoms with van der Waals surface area (Å²) in [6.45, 7) is 6.42. The molecule has 0 N–H and O–H groups in total. The summed E-state index contributed by atoms with van der Waals surface area (Å²) in [5, 5.41) is 0. The van der Waals surface area contributed by atoms with Gasteiger partial charge in [0.25, 0.3) is 0 Å². The highest BCUT2D eigenvalue weighted by Gasteiger charge is 2.19. The summed E-state index contributed by atoms with van der Waals surface area (Å²) < 4.78 is 16.7. The minimum Gasteiger partial charge on any atom is -0.462 e. The maximum Gasteiger partial charge on any atom is 0.306 e. The molecule has 6 nitrogen and oxygen atoms in total. The van der Waals surface area contributed by atoms with Crippen molar-refractivity contribution >= 4 is 17.9 Å². The summed E-state index contributed by atoms with van der Waals surface area (Å²) in [7, 11) is 0. The van der Waals surface area contributed by atoms with Crippen LogP contribution in [0.1, 0.15) is 233 Å². The molecule has 0 spiro atoms. The third-order valence-corrected chi connectivity index (χ3v) is 10.4. The molecular formula is C54H92O6. The maximum atomic E-state index is 12.8. The molecule has 0 bridgehead atoms. The Hall–Kier alpha value is -3.15. The van der Waals surface area contributed by atoms with E-state index in [9.17, 15) is 14.4 Å². The standard InChI is InChI=1S/C54H92O6/c1-4-7-10-13-16-19-22-25-27-30-32-35-38-41-44-47-53(56)59-50-51(49-58-52(55)46-43-40-37-34-31-28-24-21-18-15-12-9-6-3)60-54(57)48-45-42-39-36-33-29-26-23-20-17-14-11-8-5-2/h8,11,17,19-20,22,26,28-29,31,37,40,51H,4-7,9-10,12-16,18,21,23-25,27,30,32-36,38-39,41-50H2,1-3H3/b11-8-,20-17-,22-19-,29-26-,31-28-,40-37-. The summed E-state index contributed by atoms with van der Waals surface area (Å²) in [5.74, 6) is -1.00. The molecule has 0 aliphatic carbocycles. The van der Waals surface area contributed by atoms with Gasteiger partial charge in [0.15, 0.2) is 6.10 Å². The molecule has 1 unspecified atom stereocenters. The van der Waals surface area contributed by atoms with Crippen molar-refractivity contribution in [3.05, 3.63) is 72.9 Å². The summed E-state index contributed by atoms with van der Waals surface area (Å²) in [6, 6.07) is 0. The molecule has 0 heterocycles. The minimum atomic E-state index is -0.810. The van der Waals surface area contributed by atoms with Gasteiger partial charge < -0.3 is 14.2 Å². The van der Waals surface area contributed by atoms with E-state index in [0.29, 0.717) is 19.3 Å². The van der Waals surface area contributed by atoms with Gasteiger partial charge >= 0.3 is 17.9 Å². The van der Waals surface area contributed by atoms with Gasteiger partial charge in [0.2, 0.25) is 0 Å². The first-order chi connectivity index (χ1) is 29.5. The van der Waals surface area contributed by atoms with Gasteiger partial charge in [-0.05, 0) is 96.3 Å². The van der Waals surface area contributed by atoms with Crippen molar-refractivity contribution in [2.45, 2.75) is 239 Å². The molecule has 0 aliphatic heterocycles. The van der Waals surface area contributed by atoms with Gasteiger partial charge in [-0.1, -0.05) is 190 Å². The zero-order valence-electron chi connectivity index (χ0n) is 39.2. The largest absolute Gasteiger partial charge is 0.462 e. The monoisotopic (exact) mass is 837 g/mol. The average molecular weight is 837 g/mol. The predicted molar refractivity (Wildman–Crippen MR) is 256 cm³/mol. The average Bonchev–Trinajstić information content (AvgIpc) is 3.24. The number of esters is 3. The van der Waals surface area contributed by atoms with Gasteiger partial charge in [-0.2, -0.15) is 0 Å². The van der Waals surface area contributed by atoms with Crippen LogP contribution in [-0.2, 0) is 28.6 Å². The lowest BCUT2D eigenvalue weighted by atomic mass is 10.1. The fourth-order valence-electron chi connectivity index (χ4n) is 6.68. The molecule has 0 aromatic heterocycles. The Balaban J connectivity index is 4.48. The number of rotatable bonds is 44. The van der Waals surface area contributed by atoms with Crippen LogP contribution in [0, 0.1) is 0 Å². The smallest absolute Gasteiger partial charge is 0.306 e. The van der Waals surface area contributed by atoms with E-state index in [1.807, 2.05) is 6.08 Å². The fourth-order valence-corrected chi connectivity index (χ4v) is 6.68. The quantitative estimate of drug-likeness (QED) is 0.0263. The zero-order chi connectivity index (χ0) is 43.7. The summed E-state index contributed by atoms with van der Waals surface area (Å²) in [4.78, 5) is 37.9. The second-order valence-corrected chi connectivity index (χ2v) is 16.3. The predicted octanol–water partition coefficient (Wildman–Crippen LogP) is 16.3. The molecule has 0 aliphatic rings. The summed E-state index contributed by atoms with van der Waals surface area (Å²) in [6.07, 6.45) is 60.4. The van der Waals surface area contributed by atoms with E-state index in [2.05, 4.69) is 87.6 Å². The van der Waals surface area contributed by atoms with Crippen LogP contribution in [0.5, 0.6) is 0 Å². The minimum absolute atomic E-state index is 0.104. The van der Waals surface area contributed by atoms with Gasteiger partial charge in [-0.15, -0.1) is 0 Å². The number of hydrogen-bond donors (Lipinski definition) is 0. The van der Waals surface area contributed by atoms with Crippen LogP contribution < -0.4 is 0 Å². The van der Waals surface area contributed by atoms with Crippen LogP contribution >= 0.6 is 0 Å². The number of ether oxygens (including phenoxy) is 3. The Morgan fingerprint density at radius 3 is 1.15 bits per heavy atom. The lowest BCUT2D eigenvalue weighted by Crippen LogP contribution is -2.30. The van der Waals surface area contributed by atoms with Crippen LogP contribution in [0.3, 0.4) is 0 Å². The third kappa shape index (κ3) is 45.9. The van der Waals surface area contributed by atoms with Crippen molar-refractivity contribution in [1.29, 1.82) is 0 Å². The molecule has 0 saturated heterocycles. The van der Waals surface area contributed by atoms with Crippen molar-refractivity contribution in [3.63, 3.8) is 0 Å². The van der Waals surface area contributed by atoms with Crippen LogP contribution in [-0.4, -0.2) is 37.2 Å². The van der Waals surface area contributed by atoms with E-state index in [1.165, 1.54) is 103 Å². The number of unbranched alkanes of at least 4 members (excludes halogenated alkanes) is 21. The molecule has 0 saturated carbocycles. The first-order valence-corrected chi connectivity index (χ1v) is 24.9. The molecule has 344 valence electrons. The first kappa shape index (κ1) is 56.9. The molecule has 6 heteroatoms. The van der Waals surface area contributed by atoms with E-state index >= 15 is 0 Å². The number of allylic oxidation sites excluding steroid dienone is 12. The Morgan fingerprint density at radius 2 is 0.683 bits per heavy atom. The SMILES string of the molecule is CC/C=C\C/C=C\C/C=C\CCCCCCC(=O)OC(COC(=O)CC/C=C\C/C=C\CCCCCCCC)COC(=O)CCCCCCCCC/C=C\CCCCCC. The van der Waals surface area contributed by atoms with Gasteiger partial charge in [-0.3, -0.25) is 14.4 Å². The van der Waals surface area contributed by atoms with Crippen LogP contribution in [0.15, 0.2) is 72.9 Å². The van der Waals surface area contributed by atoms with Crippen molar-refractivity contribution in [2.75, 3.05) is 13.2 Å². The van der Waals surface area contributed by atoms with E-state index in [0.717, 1.165) is 83.5 Å². The molecule has 0 rings (SSSR count). The number of hydrogen-bond acceptors (Lipinski definition) is 6. The Kier molecular flexibility index (Phi) is 46.0. The lowest BCUT2D eigenvalue weighted by molar-refractivity contribution is -0.166. The highest BCUT2D eigenvalue weighted by molar-refractivity contribution is 5.71. The van der Waals surface area contributed by atoms with Crippen molar-refractivity contribution in [2.24, 2.45) is 0 Å². The number of carbonyl (C=O) groups excluding carboxylic acids is 3. The van der Waals surface area contributed by atoms with Crippen molar-refractivity contribution in [3.8, 4) is 0 Å². The first-order valence-electron chi connectivity index (χ1n) is 24.9. The molecule has 0 aromatic rings. The Morgan fingerprint density at radius 1 is 0.350 bits per heavy atom. The maximum absolute atomic E-state index is 12.8. The molecule has 1 atom stereocenters. The van der Waals surface area contributed by atoms with Crippen LogP contribution in [0.25, 0.3) is 0 Å². The van der Waals surface area contributed by atoms with Crippen molar-refractivity contribution < 1.29 is 28.6 Å².